The van der Waals surface area contributed by atoms with Crippen molar-refractivity contribution in [3.8, 4) is 11.6 Å². The molecule has 1 aliphatic heterocycles. The van der Waals surface area contributed by atoms with Gasteiger partial charge in [-0.2, -0.15) is 9.61 Å². The Morgan fingerprint density at radius 3 is 2.73 bits per heavy atom. The second-order valence-electron chi connectivity index (χ2n) is 10.7. The monoisotopic (exact) mass is 602 g/mol. The quantitative estimate of drug-likeness (QED) is 0.254. The Labute approximate surface area is 257 Å². The number of ether oxygens (including phenoxy) is 1. The van der Waals surface area contributed by atoms with Gasteiger partial charge in [0, 0.05) is 51.0 Å². The molecule has 5 aromatic heterocycles. The van der Waals surface area contributed by atoms with Crippen LogP contribution in [0.15, 0.2) is 96.4 Å². The summed E-state index contributed by atoms with van der Waals surface area (Å²) in [7, 11) is 3.56. The minimum absolute atomic E-state index is 0.213. The lowest BCUT2D eigenvalue weighted by atomic mass is 10.2. The van der Waals surface area contributed by atoms with Crippen LogP contribution in [0.4, 0.5) is 17.3 Å². The number of benzene rings is 1. The van der Waals surface area contributed by atoms with Gasteiger partial charge < -0.3 is 24.8 Å². The van der Waals surface area contributed by atoms with Crippen molar-refractivity contribution in [1.29, 1.82) is 0 Å². The number of amides is 1. The zero-order valence-electron chi connectivity index (χ0n) is 24.7. The number of hydrogen-bond acceptors (Lipinski definition) is 9. The summed E-state index contributed by atoms with van der Waals surface area (Å²) in [6.07, 6.45) is 9.21. The summed E-state index contributed by atoms with van der Waals surface area (Å²) in [5.74, 6) is 2.82. The van der Waals surface area contributed by atoms with Crippen molar-refractivity contribution < 1.29 is 9.53 Å². The summed E-state index contributed by atoms with van der Waals surface area (Å²) in [5, 5.41) is 10.9. The van der Waals surface area contributed by atoms with Gasteiger partial charge in [-0.1, -0.05) is 18.2 Å². The summed E-state index contributed by atoms with van der Waals surface area (Å²) in [6, 6.07) is 18.2. The van der Waals surface area contributed by atoms with Crippen molar-refractivity contribution in [2.75, 3.05) is 24.4 Å². The third-order valence-corrected chi connectivity index (χ3v) is 7.80. The number of anilines is 3. The van der Waals surface area contributed by atoms with E-state index >= 15 is 0 Å². The third kappa shape index (κ3) is 5.35. The number of nitrogens with zero attached hydrogens (tertiary/aromatic N) is 8. The second-order valence-corrected chi connectivity index (χ2v) is 10.7. The second kappa shape index (κ2) is 11.6. The number of aryl methyl sites for hydroxylation is 1. The number of methoxy groups -OCH3 is 1. The lowest BCUT2D eigenvalue weighted by molar-refractivity contribution is 0.0937. The molecule has 13 heteroatoms. The molecule has 0 radical (unpaired) electrons. The van der Waals surface area contributed by atoms with Gasteiger partial charge in [0.25, 0.3) is 11.5 Å². The van der Waals surface area contributed by atoms with E-state index in [-0.39, 0.29) is 17.5 Å². The van der Waals surface area contributed by atoms with Gasteiger partial charge in [-0.05, 0) is 48.4 Å². The van der Waals surface area contributed by atoms with Crippen LogP contribution in [0.25, 0.3) is 11.5 Å². The van der Waals surface area contributed by atoms with Crippen LogP contribution in [-0.4, -0.2) is 53.8 Å². The fraction of sp³-hybridized carbons (Fsp3) is 0.188. The van der Waals surface area contributed by atoms with E-state index in [9.17, 15) is 9.59 Å². The molecule has 0 spiro atoms. The SMILES string of the molecule is COc1ccc(CN(C)c2cc(Nc3cccn(-c4ccccn4)c3=O)nc3c(C(=O)NC4CCn5ccnc54)cnn23)cc1. The largest absolute Gasteiger partial charge is 0.497 e. The van der Waals surface area contributed by atoms with Crippen LogP contribution >= 0.6 is 0 Å². The van der Waals surface area contributed by atoms with Gasteiger partial charge >= 0.3 is 0 Å². The van der Waals surface area contributed by atoms with E-state index in [0.29, 0.717) is 40.9 Å². The fourth-order valence-corrected chi connectivity index (χ4v) is 5.52. The molecule has 45 heavy (non-hydrogen) atoms. The molecule has 1 amide bonds. The molecule has 2 N–H and O–H groups in total. The number of fused-ring (bicyclic) bond motifs is 2. The summed E-state index contributed by atoms with van der Waals surface area (Å²) >= 11 is 0. The van der Waals surface area contributed by atoms with Gasteiger partial charge in [-0.25, -0.2) is 15.0 Å². The first-order valence-corrected chi connectivity index (χ1v) is 14.4. The lowest BCUT2D eigenvalue weighted by Gasteiger charge is -2.21. The highest BCUT2D eigenvalue weighted by Gasteiger charge is 2.27. The first-order chi connectivity index (χ1) is 22.0. The molecule has 1 aromatic carbocycles. The molecule has 0 bridgehead atoms. The number of carbonyl (C=O) groups is 1. The fourth-order valence-electron chi connectivity index (χ4n) is 5.52. The van der Waals surface area contributed by atoms with Gasteiger partial charge in [-0.15, -0.1) is 0 Å². The maximum Gasteiger partial charge on any atom is 0.279 e. The third-order valence-electron chi connectivity index (χ3n) is 7.80. The van der Waals surface area contributed by atoms with Crippen LogP contribution < -0.4 is 25.8 Å². The van der Waals surface area contributed by atoms with Gasteiger partial charge in [0.05, 0.1) is 19.3 Å². The molecule has 6 aromatic rings. The van der Waals surface area contributed by atoms with Crippen molar-refractivity contribution in [3.05, 3.63) is 119 Å². The van der Waals surface area contributed by atoms with E-state index in [2.05, 4.69) is 25.7 Å². The summed E-state index contributed by atoms with van der Waals surface area (Å²) in [5.41, 5.74) is 1.69. The first-order valence-electron chi connectivity index (χ1n) is 14.4. The Balaban J connectivity index is 1.26. The number of rotatable bonds is 9. The van der Waals surface area contributed by atoms with E-state index < -0.39 is 0 Å². The van der Waals surface area contributed by atoms with E-state index in [1.54, 1.807) is 60.5 Å². The molecular weight excluding hydrogens is 572 g/mol. The van der Waals surface area contributed by atoms with Crippen molar-refractivity contribution in [2.24, 2.45) is 0 Å². The Hall–Kier alpha value is -5.98. The number of hydrogen-bond donors (Lipinski definition) is 2. The first kappa shape index (κ1) is 27.8. The van der Waals surface area contributed by atoms with E-state index in [4.69, 9.17) is 9.72 Å². The van der Waals surface area contributed by atoms with E-state index in [1.165, 1.54) is 10.8 Å². The Morgan fingerprint density at radius 2 is 1.93 bits per heavy atom. The van der Waals surface area contributed by atoms with Crippen LogP contribution in [0.1, 0.15) is 34.2 Å². The highest BCUT2D eigenvalue weighted by atomic mass is 16.5. The average Bonchev–Trinajstić information content (AvgIpc) is 3.80. The predicted molar refractivity (Wildman–Crippen MR) is 168 cm³/mol. The molecule has 1 unspecified atom stereocenters. The van der Waals surface area contributed by atoms with Crippen LogP contribution in [-0.2, 0) is 13.1 Å². The van der Waals surface area contributed by atoms with Gasteiger partial charge in [0.1, 0.15) is 40.3 Å². The molecule has 1 aliphatic rings. The highest BCUT2D eigenvalue weighted by molar-refractivity contribution is 6.00. The molecule has 6 heterocycles. The number of aromatic nitrogens is 7. The minimum atomic E-state index is -0.308. The molecule has 226 valence electrons. The van der Waals surface area contributed by atoms with Gasteiger partial charge in [0.2, 0.25) is 0 Å². The van der Waals surface area contributed by atoms with Crippen molar-refractivity contribution >= 4 is 28.9 Å². The molecule has 13 nitrogen and oxygen atoms in total. The van der Waals surface area contributed by atoms with Gasteiger partial charge in [-0.3, -0.25) is 14.2 Å². The number of nitrogens with one attached hydrogen (secondary N) is 2. The van der Waals surface area contributed by atoms with E-state index in [0.717, 1.165) is 30.1 Å². The number of carbonyl (C=O) groups excluding carboxylic acids is 1. The molecular formula is C32H30N10O3. The molecule has 0 saturated heterocycles. The maximum atomic E-state index is 13.6. The molecule has 0 fully saturated rings. The summed E-state index contributed by atoms with van der Waals surface area (Å²) < 4.78 is 10.4. The van der Waals surface area contributed by atoms with Gasteiger partial charge in [0.15, 0.2) is 5.65 Å². The zero-order valence-corrected chi connectivity index (χ0v) is 24.7. The van der Waals surface area contributed by atoms with Crippen LogP contribution in [0.2, 0.25) is 0 Å². The number of imidazole rings is 1. The van der Waals surface area contributed by atoms with Crippen LogP contribution in [0.3, 0.4) is 0 Å². The average molecular weight is 603 g/mol. The van der Waals surface area contributed by atoms with E-state index in [1.807, 2.05) is 53.0 Å². The predicted octanol–water partition coefficient (Wildman–Crippen LogP) is 3.74. The normalized spacial score (nSPS) is 13.9. The standard InChI is InChI=1S/C32H30N10O3/c1-39(20-21-8-10-22(45-2)11-9-21)28-18-26(36-25-6-5-15-41(32(25)44)27-7-3-4-13-33-27)38-29-23(19-35-42(28)29)31(43)37-24-12-16-40-17-14-34-30(24)40/h3-11,13-15,17-19,24H,12,16,20H2,1-2H3,(H,36,38)(H,37,43). The Bertz CT molecular complexity index is 2050. The zero-order chi connectivity index (χ0) is 30.9. The van der Waals surface area contributed by atoms with Crippen LogP contribution in [0, 0.1) is 0 Å². The minimum Gasteiger partial charge on any atom is -0.497 e. The van der Waals surface area contributed by atoms with Crippen LogP contribution in [0.5, 0.6) is 5.75 Å². The molecule has 7 rings (SSSR count). The Kier molecular flexibility index (Phi) is 7.17. The smallest absolute Gasteiger partial charge is 0.279 e. The number of pyridine rings is 2. The summed E-state index contributed by atoms with van der Waals surface area (Å²) in [6.45, 7) is 1.32. The van der Waals surface area contributed by atoms with Crippen molar-refractivity contribution in [2.45, 2.75) is 25.6 Å². The lowest BCUT2D eigenvalue weighted by Crippen LogP contribution is -2.28. The highest BCUT2D eigenvalue weighted by Crippen LogP contribution is 2.27. The molecule has 1 atom stereocenters. The molecule has 0 saturated carbocycles. The Morgan fingerprint density at radius 1 is 1.07 bits per heavy atom. The summed E-state index contributed by atoms with van der Waals surface area (Å²) in [4.78, 5) is 42.6. The molecule has 0 aliphatic carbocycles. The topological polar surface area (TPSA) is 136 Å². The van der Waals surface area contributed by atoms with Crippen molar-refractivity contribution in [1.82, 2.24) is 39.0 Å². The maximum absolute atomic E-state index is 13.6. The van der Waals surface area contributed by atoms with Crippen molar-refractivity contribution in [3.63, 3.8) is 0 Å².